The Balaban J connectivity index is 1.10. The van der Waals surface area contributed by atoms with Crippen molar-refractivity contribution in [2.75, 3.05) is 4.90 Å². The number of thiophene rings is 2. The van der Waals surface area contributed by atoms with Crippen LogP contribution in [0.3, 0.4) is 0 Å². The van der Waals surface area contributed by atoms with Gasteiger partial charge in [0.2, 0.25) is 0 Å². The van der Waals surface area contributed by atoms with Crippen LogP contribution in [-0.4, -0.2) is 9.13 Å². The summed E-state index contributed by atoms with van der Waals surface area (Å²) in [7, 11) is 0. The molecule has 4 nitrogen and oxygen atoms in total. The standard InChI is InChI=1S/C60H35N3OS2/c1-3-15-36(16-4-1)61(37-17-5-2-6-18-37)50-35-51-57(43-22-8-12-24-48(43)63(51)39-28-32-55-46(34-39)41-20-10-14-26-53(41)66-55)60-58(50)44-29-30-49-56(59(44)64-60)42-21-7-11-23-47(42)62(49)38-27-31-54-45(33-38)40-19-9-13-25-52(40)65-54/h1-35H. The molecular formula is C60H35N3OS2. The Morgan fingerprint density at radius 2 is 0.788 bits per heavy atom. The Labute approximate surface area is 385 Å². The number of benzene rings is 10. The Kier molecular flexibility index (Phi) is 7.50. The number of rotatable bonds is 5. The molecule has 0 aliphatic rings. The van der Waals surface area contributed by atoms with E-state index in [1.807, 2.05) is 22.7 Å². The number of furan rings is 1. The normalized spacial score (nSPS) is 12.2. The third-order valence-electron chi connectivity index (χ3n) is 13.7. The molecule has 0 atom stereocenters. The first-order chi connectivity index (χ1) is 32.7. The largest absolute Gasteiger partial charge is 0.454 e. The number of hydrogen-bond donors (Lipinski definition) is 0. The van der Waals surface area contributed by atoms with Crippen LogP contribution in [0.5, 0.6) is 0 Å². The molecule has 15 aromatic rings. The molecule has 0 bridgehead atoms. The minimum absolute atomic E-state index is 0.877. The summed E-state index contributed by atoms with van der Waals surface area (Å²) in [6.45, 7) is 0. The maximum atomic E-state index is 7.64. The quantitative estimate of drug-likeness (QED) is 0.172. The molecular weight excluding hydrogens is 843 g/mol. The number of hydrogen-bond acceptors (Lipinski definition) is 4. The molecule has 0 N–H and O–H groups in total. The molecule has 0 amide bonds. The van der Waals surface area contributed by atoms with Crippen molar-refractivity contribution in [1.29, 1.82) is 0 Å². The molecule has 0 saturated carbocycles. The molecule has 5 heterocycles. The van der Waals surface area contributed by atoms with Crippen LogP contribution in [0.15, 0.2) is 217 Å². The molecule has 66 heavy (non-hydrogen) atoms. The van der Waals surface area contributed by atoms with E-state index < -0.39 is 0 Å². The van der Waals surface area contributed by atoms with E-state index in [2.05, 4.69) is 226 Å². The van der Waals surface area contributed by atoms with Gasteiger partial charge in [0.25, 0.3) is 0 Å². The molecule has 0 spiro atoms. The lowest BCUT2D eigenvalue weighted by Crippen LogP contribution is -2.10. The van der Waals surface area contributed by atoms with Gasteiger partial charge in [-0.1, -0.05) is 109 Å². The van der Waals surface area contributed by atoms with Crippen molar-refractivity contribution in [3.05, 3.63) is 212 Å². The highest BCUT2D eigenvalue weighted by molar-refractivity contribution is 7.26. The molecule has 15 rings (SSSR count). The number of aromatic nitrogens is 2. The van der Waals surface area contributed by atoms with Gasteiger partial charge in [-0.15, -0.1) is 22.7 Å². The Hall–Kier alpha value is -8.16. The predicted molar refractivity (Wildman–Crippen MR) is 283 cm³/mol. The molecule has 5 aromatic heterocycles. The van der Waals surface area contributed by atoms with Crippen LogP contribution in [0.25, 0.3) is 117 Å². The lowest BCUT2D eigenvalue weighted by atomic mass is 10.0. The molecule has 0 aliphatic carbocycles. The number of anilines is 3. The SMILES string of the molecule is c1ccc(N(c2ccccc2)c2cc3c(c4ccccc4n3-c3ccc4sc5ccccc5c4c3)c3oc4c(ccc5c4c4ccccc4n5-c4ccc5sc6ccccc6c5c4)c23)cc1. The lowest BCUT2D eigenvalue weighted by Gasteiger charge is -2.26. The second-order valence-electron chi connectivity index (χ2n) is 17.2. The van der Waals surface area contributed by atoms with Crippen LogP contribution in [-0.2, 0) is 0 Å². The van der Waals surface area contributed by atoms with E-state index in [0.717, 1.165) is 94.0 Å². The number of para-hydroxylation sites is 4. The Morgan fingerprint density at radius 3 is 1.36 bits per heavy atom. The Morgan fingerprint density at radius 1 is 0.318 bits per heavy atom. The van der Waals surface area contributed by atoms with E-state index in [9.17, 15) is 0 Å². The van der Waals surface area contributed by atoms with Crippen molar-refractivity contribution >= 4 is 146 Å². The van der Waals surface area contributed by atoms with Gasteiger partial charge >= 0.3 is 0 Å². The van der Waals surface area contributed by atoms with Crippen LogP contribution in [0, 0.1) is 0 Å². The van der Waals surface area contributed by atoms with Gasteiger partial charge in [0, 0.05) is 79.3 Å². The van der Waals surface area contributed by atoms with Crippen LogP contribution < -0.4 is 4.90 Å². The molecule has 0 radical (unpaired) electrons. The van der Waals surface area contributed by atoms with Crippen LogP contribution in [0.2, 0.25) is 0 Å². The monoisotopic (exact) mass is 877 g/mol. The molecule has 0 fully saturated rings. The van der Waals surface area contributed by atoms with Crippen molar-refractivity contribution < 1.29 is 4.42 Å². The average Bonchev–Trinajstić information content (AvgIpc) is 4.19. The molecule has 308 valence electrons. The van der Waals surface area contributed by atoms with E-state index in [0.29, 0.717) is 0 Å². The van der Waals surface area contributed by atoms with Gasteiger partial charge in [-0.2, -0.15) is 0 Å². The van der Waals surface area contributed by atoms with Gasteiger partial charge in [-0.25, -0.2) is 0 Å². The highest BCUT2D eigenvalue weighted by Gasteiger charge is 2.28. The van der Waals surface area contributed by atoms with E-state index >= 15 is 0 Å². The zero-order valence-electron chi connectivity index (χ0n) is 35.3. The van der Waals surface area contributed by atoms with Gasteiger partial charge in [-0.05, 0) is 103 Å². The minimum atomic E-state index is 0.877. The van der Waals surface area contributed by atoms with Gasteiger partial charge in [0.1, 0.15) is 11.2 Å². The highest BCUT2D eigenvalue weighted by atomic mass is 32.1. The molecule has 6 heteroatoms. The summed E-state index contributed by atoms with van der Waals surface area (Å²) >= 11 is 3.70. The Bertz CT molecular complexity index is 4430. The lowest BCUT2D eigenvalue weighted by molar-refractivity contribution is 0.677. The summed E-state index contributed by atoms with van der Waals surface area (Å²) in [6, 6.07) is 77.5. The third-order valence-corrected chi connectivity index (χ3v) is 16.0. The van der Waals surface area contributed by atoms with Crippen molar-refractivity contribution in [3.63, 3.8) is 0 Å². The fourth-order valence-electron chi connectivity index (χ4n) is 10.9. The third kappa shape index (κ3) is 5.02. The van der Waals surface area contributed by atoms with Crippen molar-refractivity contribution in [2.24, 2.45) is 0 Å². The zero-order valence-corrected chi connectivity index (χ0v) is 36.9. The summed E-state index contributed by atoms with van der Waals surface area (Å²) in [5, 5.41) is 11.8. The summed E-state index contributed by atoms with van der Waals surface area (Å²) in [5.74, 6) is 0. The first kappa shape index (κ1) is 36.2. The van der Waals surface area contributed by atoms with E-state index in [1.54, 1.807) is 0 Å². The van der Waals surface area contributed by atoms with Crippen LogP contribution in [0.4, 0.5) is 17.1 Å². The fraction of sp³-hybridized carbons (Fsp3) is 0. The molecule has 10 aromatic carbocycles. The second-order valence-corrected chi connectivity index (χ2v) is 19.4. The van der Waals surface area contributed by atoms with Gasteiger partial charge in [0.05, 0.1) is 43.9 Å². The smallest absolute Gasteiger partial charge is 0.147 e. The molecule has 0 aliphatic heterocycles. The first-order valence-corrected chi connectivity index (χ1v) is 24.0. The molecule has 0 saturated heterocycles. The second kappa shape index (κ2) is 13.7. The van der Waals surface area contributed by atoms with Crippen LogP contribution >= 0.6 is 22.7 Å². The predicted octanol–water partition coefficient (Wildman–Crippen LogP) is 18.0. The number of nitrogens with zero attached hydrogens (tertiary/aromatic N) is 3. The summed E-state index contributed by atoms with van der Waals surface area (Å²) in [4.78, 5) is 2.40. The van der Waals surface area contributed by atoms with Crippen molar-refractivity contribution in [2.45, 2.75) is 0 Å². The summed E-state index contributed by atoms with van der Waals surface area (Å²) < 4.78 is 17.7. The van der Waals surface area contributed by atoms with Gasteiger partial charge in [-0.3, -0.25) is 0 Å². The average molecular weight is 878 g/mol. The molecule has 0 unspecified atom stereocenters. The van der Waals surface area contributed by atoms with Gasteiger partial charge < -0.3 is 18.5 Å². The maximum Gasteiger partial charge on any atom is 0.147 e. The number of fused-ring (bicyclic) bond motifs is 17. The topological polar surface area (TPSA) is 26.2 Å². The van der Waals surface area contributed by atoms with Gasteiger partial charge in [0.15, 0.2) is 0 Å². The van der Waals surface area contributed by atoms with Crippen molar-refractivity contribution in [3.8, 4) is 11.4 Å². The first-order valence-electron chi connectivity index (χ1n) is 22.3. The summed E-state index contributed by atoms with van der Waals surface area (Å²) in [6.07, 6.45) is 0. The summed E-state index contributed by atoms with van der Waals surface area (Å²) in [5.41, 5.74) is 11.7. The van der Waals surface area contributed by atoms with E-state index in [-0.39, 0.29) is 0 Å². The zero-order chi connectivity index (χ0) is 43.0. The van der Waals surface area contributed by atoms with Crippen molar-refractivity contribution in [1.82, 2.24) is 9.13 Å². The maximum absolute atomic E-state index is 7.64. The van der Waals surface area contributed by atoms with Crippen LogP contribution in [0.1, 0.15) is 0 Å². The highest BCUT2D eigenvalue weighted by Crippen LogP contribution is 2.51. The fourth-order valence-corrected chi connectivity index (χ4v) is 13.1. The van der Waals surface area contributed by atoms with E-state index in [1.165, 1.54) is 40.3 Å². The van der Waals surface area contributed by atoms with E-state index in [4.69, 9.17) is 4.42 Å². The minimum Gasteiger partial charge on any atom is -0.454 e.